The molecule has 0 radical (unpaired) electrons. The van der Waals surface area contributed by atoms with Crippen molar-refractivity contribution < 1.29 is 4.39 Å². The topological polar surface area (TPSA) is 12.0 Å². The average molecular weight is 306 g/mol. The van der Waals surface area contributed by atoms with Gasteiger partial charge < -0.3 is 5.32 Å². The van der Waals surface area contributed by atoms with Crippen LogP contribution in [0.25, 0.3) is 0 Å². The molecule has 0 fully saturated rings. The van der Waals surface area contributed by atoms with Crippen molar-refractivity contribution in [1.82, 2.24) is 0 Å². The first kappa shape index (κ1) is 11.7. The summed E-state index contributed by atoms with van der Waals surface area (Å²) in [6.07, 6.45) is 1.11. The third-order valence-electron chi connectivity index (χ3n) is 3.43. The van der Waals surface area contributed by atoms with Crippen molar-refractivity contribution in [3.05, 3.63) is 63.9 Å². The van der Waals surface area contributed by atoms with Gasteiger partial charge in [0.1, 0.15) is 5.82 Å². The Kier molecular flexibility index (Phi) is 3.08. The van der Waals surface area contributed by atoms with Crippen LogP contribution in [-0.4, -0.2) is 6.54 Å². The Hall–Kier alpha value is -1.35. The van der Waals surface area contributed by atoms with E-state index in [-0.39, 0.29) is 5.82 Å². The monoisotopic (exact) mass is 305 g/mol. The number of halogens is 2. The molecule has 0 aliphatic heterocycles. The van der Waals surface area contributed by atoms with E-state index in [1.165, 1.54) is 23.3 Å². The van der Waals surface area contributed by atoms with E-state index in [1.807, 2.05) is 0 Å². The molecule has 0 saturated heterocycles. The third-order valence-corrected chi connectivity index (χ3v) is 4.12. The highest BCUT2D eigenvalue weighted by atomic mass is 79.9. The zero-order valence-electron chi connectivity index (χ0n) is 9.79. The van der Waals surface area contributed by atoms with E-state index in [9.17, 15) is 4.39 Å². The van der Waals surface area contributed by atoms with E-state index in [4.69, 9.17) is 0 Å². The minimum absolute atomic E-state index is 0.213. The minimum Gasteiger partial charge on any atom is -0.383 e. The summed E-state index contributed by atoms with van der Waals surface area (Å²) in [6, 6.07) is 13.2. The fourth-order valence-electron chi connectivity index (χ4n) is 2.41. The Balaban J connectivity index is 1.68. The molecule has 3 heteroatoms. The Bertz CT molecular complexity index is 582. The molecule has 1 aliphatic rings. The maximum atomic E-state index is 13.1. The molecule has 1 nitrogen and oxygen atoms in total. The van der Waals surface area contributed by atoms with E-state index in [1.54, 1.807) is 6.07 Å². The molecule has 1 N–H and O–H groups in total. The van der Waals surface area contributed by atoms with E-state index >= 15 is 0 Å². The molecular weight excluding hydrogens is 293 g/mol. The Morgan fingerprint density at radius 3 is 2.89 bits per heavy atom. The van der Waals surface area contributed by atoms with Gasteiger partial charge in [0.25, 0.3) is 0 Å². The van der Waals surface area contributed by atoms with E-state index < -0.39 is 0 Å². The second-order valence-electron chi connectivity index (χ2n) is 4.60. The van der Waals surface area contributed by atoms with Crippen LogP contribution in [0.4, 0.5) is 10.1 Å². The minimum atomic E-state index is -0.213. The van der Waals surface area contributed by atoms with Gasteiger partial charge in [0.2, 0.25) is 0 Å². The fraction of sp³-hybridized carbons (Fsp3) is 0.200. The van der Waals surface area contributed by atoms with Gasteiger partial charge >= 0.3 is 0 Å². The summed E-state index contributed by atoms with van der Waals surface area (Å²) in [6.45, 7) is 0.846. The van der Waals surface area contributed by atoms with E-state index in [0.717, 1.165) is 23.1 Å². The Morgan fingerprint density at radius 2 is 2.06 bits per heavy atom. The number of anilines is 1. The Morgan fingerprint density at radius 1 is 1.22 bits per heavy atom. The first-order chi connectivity index (χ1) is 8.74. The molecule has 1 atom stereocenters. The summed E-state index contributed by atoms with van der Waals surface area (Å²) in [4.78, 5) is 0. The van der Waals surface area contributed by atoms with E-state index in [0.29, 0.717) is 5.92 Å². The van der Waals surface area contributed by atoms with Crippen LogP contribution in [0.5, 0.6) is 0 Å². The number of hydrogen-bond acceptors (Lipinski definition) is 1. The first-order valence-electron chi connectivity index (χ1n) is 6.01. The lowest BCUT2D eigenvalue weighted by atomic mass is 9.77. The van der Waals surface area contributed by atoms with Gasteiger partial charge in [-0.1, -0.05) is 24.3 Å². The number of rotatable bonds is 3. The van der Waals surface area contributed by atoms with Crippen molar-refractivity contribution in [2.75, 3.05) is 11.9 Å². The van der Waals surface area contributed by atoms with Gasteiger partial charge in [-0.3, -0.25) is 0 Å². The normalized spacial score (nSPS) is 16.9. The van der Waals surface area contributed by atoms with Crippen molar-refractivity contribution in [2.24, 2.45) is 0 Å². The average Bonchev–Trinajstić information content (AvgIpc) is 2.34. The molecule has 2 aromatic rings. The van der Waals surface area contributed by atoms with Crippen LogP contribution in [0, 0.1) is 5.82 Å². The quantitative estimate of drug-likeness (QED) is 0.889. The predicted octanol–water partition coefficient (Wildman–Crippen LogP) is 4.34. The molecule has 0 amide bonds. The van der Waals surface area contributed by atoms with Crippen LogP contribution in [0.2, 0.25) is 0 Å². The maximum absolute atomic E-state index is 13.1. The molecule has 0 bridgehead atoms. The van der Waals surface area contributed by atoms with Gasteiger partial charge in [-0.25, -0.2) is 4.39 Å². The molecule has 2 aromatic carbocycles. The van der Waals surface area contributed by atoms with Crippen LogP contribution in [-0.2, 0) is 6.42 Å². The smallest absolute Gasteiger partial charge is 0.125 e. The van der Waals surface area contributed by atoms with Crippen LogP contribution in [0.1, 0.15) is 17.0 Å². The zero-order chi connectivity index (χ0) is 12.5. The first-order valence-corrected chi connectivity index (χ1v) is 6.80. The third kappa shape index (κ3) is 2.15. The molecule has 0 heterocycles. The van der Waals surface area contributed by atoms with Crippen LogP contribution >= 0.6 is 15.9 Å². The number of fused-ring (bicyclic) bond motifs is 1. The van der Waals surface area contributed by atoms with Gasteiger partial charge in [0, 0.05) is 16.9 Å². The lowest BCUT2D eigenvalue weighted by Gasteiger charge is -2.30. The molecule has 0 saturated carbocycles. The molecule has 1 aliphatic carbocycles. The van der Waals surface area contributed by atoms with Gasteiger partial charge in [-0.05, 0) is 51.7 Å². The highest BCUT2D eigenvalue weighted by molar-refractivity contribution is 9.10. The second-order valence-corrected chi connectivity index (χ2v) is 5.46. The van der Waals surface area contributed by atoms with Gasteiger partial charge in [-0.2, -0.15) is 0 Å². The Labute approximate surface area is 114 Å². The number of nitrogens with one attached hydrogen (secondary N) is 1. The van der Waals surface area contributed by atoms with Gasteiger partial charge in [0.15, 0.2) is 0 Å². The standard InChI is InChI=1S/C15H13BrFN/c16-14-6-5-12(17)8-15(14)18-9-11-7-10-3-1-2-4-13(10)11/h1-6,8,11,18H,7,9H2. The maximum Gasteiger partial charge on any atom is 0.125 e. The molecule has 1 unspecified atom stereocenters. The largest absolute Gasteiger partial charge is 0.383 e. The number of hydrogen-bond donors (Lipinski definition) is 1. The van der Waals surface area contributed by atoms with Crippen LogP contribution < -0.4 is 5.32 Å². The lowest BCUT2D eigenvalue weighted by molar-refractivity contribution is 0.623. The highest BCUT2D eigenvalue weighted by Crippen LogP contribution is 2.35. The molecular formula is C15H13BrFN. The molecule has 0 spiro atoms. The van der Waals surface area contributed by atoms with Crippen molar-refractivity contribution in [1.29, 1.82) is 0 Å². The summed E-state index contributed by atoms with van der Waals surface area (Å²) < 4.78 is 14.0. The SMILES string of the molecule is Fc1ccc(Br)c(NCC2Cc3ccccc32)c1. The molecule has 0 aromatic heterocycles. The number of benzene rings is 2. The summed E-state index contributed by atoms with van der Waals surface area (Å²) in [7, 11) is 0. The summed E-state index contributed by atoms with van der Waals surface area (Å²) in [5.41, 5.74) is 3.67. The second kappa shape index (κ2) is 4.73. The van der Waals surface area contributed by atoms with E-state index in [2.05, 4.69) is 45.5 Å². The van der Waals surface area contributed by atoms with Crippen LogP contribution in [0.15, 0.2) is 46.9 Å². The zero-order valence-corrected chi connectivity index (χ0v) is 11.4. The van der Waals surface area contributed by atoms with Crippen LogP contribution in [0.3, 0.4) is 0 Å². The summed E-state index contributed by atoms with van der Waals surface area (Å²) >= 11 is 3.42. The predicted molar refractivity (Wildman–Crippen MR) is 75.5 cm³/mol. The van der Waals surface area contributed by atoms with Gasteiger partial charge in [-0.15, -0.1) is 0 Å². The molecule has 92 valence electrons. The lowest BCUT2D eigenvalue weighted by Crippen LogP contribution is -2.24. The molecule has 18 heavy (non-hydrogen) atoms. The van der Waals surface area contributed by atoms with Crippen molar-refractivity contribution in [3.63, 3.8) is 0 Å². The van der Waals surface area contributed by atoms with Crippen molar-refractivity contribution in [3.8, 4) is 0 Å². The van der Waals surface area contributed by atoms with Crippen molar-refractivity contribution in [2.45, 2.75) is 12.3 Å². The van der Waals surface area contributed by atoms with Crippen molar-refractivity contribution >= 4 is 21.6 Å². The molecule has 3 rings (SSSR count). The van der Waals surface area contributed by atoms with Gasteiger partial charge in [0.05, 0.1) is 5.69 Å². The fourth-order valence-corrected chi connectivity index (χ4v) is 2.80. The summed E-state index contributed by atoms with van der Waals surface area (Å²) in [5, 5.41) is 3.31. The summed E-state index contributed by atoms with van der Waals surface area (Å²) in [5.74, 6) is 0.325. The highest BCUT2D eigenvalue weighted by Gasteiger charge is 2.24.